The van der Waals surface area contributed by atoms with Gasteiger partial charge < -0.3 is 19.3 Å². The van der Waals surface area contributed by atoms with E-state index in [9.17, 15) is 4.79 Å². The van der Waals surface area contributed by atoms with Crippen molar-refractivity contribution in [3.8, 4) is 22.9 Å². The Hall–Kier alpha value is -3.61. The van der Waals surface area contributed by atoms with E-state index in [1.165, 1.54) is 5.56 Å². The maximum atomic E-state index is 12.9. The molecule has 1 aromatic heterocycles. The van der Waals surface area contributed by atoms with E-state index in [0.717, 1.165) is 36.0 Å². The fourth-order valence-corrected chi connectivity index (χ4v) is 3.90. The maximum absolute atomic E-state index is 12.9. The molecule has 3 heterocycles. The first kappa shape index (κ1) is 19.4. The number of carbonyl (C=O) groups is 1. The van der Waals surface area contributed by atoms with Gasteiger partial charge in [-0.3, -0.25) is 4.79 Å². The molecule has 1 fully saturated rings. The van der Waals surface area contributed by atoms with E-state index in [1.54, 1.807) is 18.2 Å². The number of rotatable bonds is 3. The van der Waals surface area contributed by atoms with Crippen LogP contribution in [0.25, 0.3) is 11.4 Å². The third kappa shape index (κ3) is 3.91. The molecule has 0 radical (unpaired) electrons. The molecule has 0 atom stereocenters. The number of fused-ring (bicyclic) bond motifs is 1. The smallest absolute Gasteiger partial charge is 0.254 e. The molecule has 2 aliphatic heterocycles. The molecule has 31 heavy (non-hydrogen) atoms. The normalized spacial score (nSPS) is 15.3. The van der Waals surface area contributed by atoms with E-state index in [2.05, 4.69) is 41.1 Å². The van der Waals surface area contributed by atoms with Gasteiger partial charge in [-0.05, 0) is 32.0 Å². The fraction of sp³-hybridized carbons (Fsp3) is 0.292. The molecule has 2 aliphatic rings. The summed E-state index contributed by atoms with van der Waals surface area (Å²) >= 11 is 0. The number of piperazine rings is 1. The van der Waals surface area contributed by atoms with Gasteiger partial charge in [0.15, 0.2) is 17.3 Å². The summed E-state index contributed by atoms with van der Waals surface area (Å²) in [5, 5.41) is 0. The third-order valence-electron chi connectivity index (χ3n) is 5.66. The number of ether oxygens (including phenoxy) is 2. The third-order valence-corrected chi connectivity index (χ3v) is 5.66. The van der Waals surface area contributed by atoms with E-state index < -0.39 is 0 Å². The number of hydrogen-bond acceptors (Lipinski definition) is 6. The van der Waals surface area contributed by atoms with Gasteiger partial charge in [-0.25, -0.2) is 9.97 Å². The average Bonchev–Trinajstić information content (AvgIpc) is 3.27. The van der Waals surface area contributed by atoms with Crippen LogP contribution >= 0.6 is 0 Å². The minimum absolute atomic E-state index is 0.0113. The second kappa shape index (κ2) is 7.91. The van der Waals surface area contributed by atoms with Crippen LogP contribution in [0.15, 0.2) is 48.5 Å². The predicted octanol–water partition coefficient (Wildman–Crippen LogP) is 3.45. The predicted molar refractivity (Wildman–Crippen MR) is 118 cm³/mol. The van der Waals surface area contributed by atoms with Crippen LogP contribution in [0, 0.1) is 13.8 Å². The molecular weight excluding hydrogens is 392 g/mol. The van der Waals surface area contributed by atoms with E-state index in [1.807, 2.05) is 17.9 Å². The van der Waals surface area contributed by atoms with Crippen LogP contribution in [0.5, 0.6) is 11.5 Å². The molecule has 0 spiro atoms. The van der Waals surface area contributed by atoms with Crippen molar-refractivity contribution >= 4 is 11.7 Å². The number of benzene rings is 2. The second-order valence-corrected chi connectivity index (χ2v) is 7.90. The van der Waals surface area contributed by atoms with Gasteiger partial charge in [0.25, 0.3) is 5.91 Å². The first-order valence-electron chi connectivity index (χ1n) is 10.4. The molecule has 0 bridgehead atoms. The van der Waals surface area contributed by atoms with Gasteiger partial charge in [0, 0.05) is 49.1 Å². The molecule has 0 aliphatic carbocycles. The molecule has 0 unspecified atom stereocenters. The molecule has 0 N–H and O–H groups in total. The molecule has 7 heteroatoms. The number of anilines is 1. The molecule has 0 saturated carbocycles. The molecule has 3 aromatic rings. The van der Waals surface area contributed by atoms with Gasteiger partial charge >= 0.3 is 0 Å². The number of hydrogen-bond donors (Lipinski definition) is 0. The van der Waals surface area contributed by atoms with Crippen LogP contribution < -0.4 is 14.4 Å². The molecular formula is C24H24N4O3. The Bertz CT molecular complexity index is 1120. The summed E-state index contributed by atoms with van der Waals surface area (Å²) in [4.78, 5) is 26.5. The highest BCUT2D eigenvalue weighted by Gasteiger charge is 2.25. The number of amides is 1. The summed E-state index contributed by atoms with van der Waals surface area (Å²) < 4.78 is 10.7. The Balaban J connectivity index is 1.29. The zero-order valence-corrected chi connectivity index (χ0v) is 17.7. The Morgan fingerprint density at radius 3 is 2.39 bits per heavy atom. The molecule has 1 amide bonds. The average molecular weight is 416 g/mol. The standard InChI is InChI=1S/C24H24N4O3/c1-16-3-5-18(6-4-16)23-25-17(2)13-22(26-23)27-9-11-28(12-10-27)24(29)19-7-8-20-21(14-19)31-15-30-20/h3-8,13-14H,9-12,15H2,1-2H3. The number of aryl methyl sites for hydroxylation is 2. The lowest BCUT2D eigenvalue weighted by Crippen LogP contribution is -2.49. The maximum Gasteiger partial charge on any atom is 0.254 e. The van der Waals surface area contributed by atoms with E-state index in [4.69, 9.17) is 14.5 Å². The first-order chi connectivity index (χ1) is 15.1. The molecule has 7 nitrogen and oxygen atoms in total. The lowest BCUT2D eigenvalue weighted by molar-refractivity contribution is 0.0746. The van der Waals surface area contributed by atoms with Crippen molar-refractivity contribution in [3.63, 3.8) is 0 Å². The molecule has 158 valence electrons. The Morgan fingerprint density at radius 1 is 0.871 bits per heavy atom. The van der Waals surface area contributed by atoms with Crippen molar-refractivity contribution in [1.29, 1.82) is 0 Å². The van der Waals surface area contributed by atoms with Crippen LogP contribution in [0.1, 0.15) is 21.6 Å². The van der Waals surface area contributed by atoms with Gasteiger partial charge in [-0.15, -0.1) is 0 Å². The van der Waals surface area contributed by atoms with Crippen LogP contribution in [-0.2, 0) is 0 Å². The summed E-state index contributed by atoms with van der Waals surface area (Å²) in [6.45, 7) is 6.97. The Kier molecular flexibility index (Phi) is 4.94. The zero-order chi connectivity index (χ0) is 21.4. The van der Waals surface area contributed by atoms with Gasteiger partial charge in [-0.1, -0.05) is 29.8 Å². The Labute approximate surface area is 181 Å². The SMILES string of the molecule is Cc1ccc(-c2nc(C)cc(N3CCN(C(=O)c4ccc5c(c4)OCO5)CC3)n2)cc1. The summed E-state index contributed by atoms with van der Waals surface area (Å²) in [5.74, 6) is 2.96. The lowest BCUT2D eigenvalue weighted by Gasteiger charge is -2.35. The number of carbonyl (C=O) groups excluding carboxylic acids is 1. The van der Waals surface area contributed by atoms with Gasteiger partial charge in [0.05, 0.1) is 0 Å². The van der Waals surface area contributed by atoms with Crippen molar-refractivity contribution in [2.24, 2.45) is 0 Å². The number of aromatic nitrogens is 2. The van der Waals surface area contributed by atoms with Crippen LogP contribution in [0.2, 0.25) is 0 Å². The zero-order valence-electron chi connectivity index (χ0n) is 17.7. The van der Waals surface area contributed by atoms with Crippen LogP contribution in [-0.4, -0.2) is 53.7 Å². The highest BCUT2D eigenvalue weighted by atomic mass is 16.7. The lowest BCUT2D eigenvalue weighted by atomic mass is 10.1. The van der Waals surface area contributed by atoms with E-state index >= 15 is 0 Å². The molecule has 5 rings (SSSR count). The van der Waals surface area contributed by atoms with Crippen molar-refractivity contribution < 1.29 is 14.3 Å². The quantitative estimate of drug-likeness (QED) is 0.652. The van der Waals surface area contributed by atoms with Crippen LogP contribution in [0.3, 0.4) is 0 Å². The summed E-state index contributed by atoms with van der Waals surface area (Å²) in [7, 11) is 0. The van der Waals surface area contributed by atoms with E-state index in [0.29, 0.717) is 30.2 Å². The van der Waals surface area contributed by atoms with Crippen molar-refractivity contribution in [2.75, 3.05) is 37.9 Å². The molecule has 1 saturated heterocycles. The topological polar surface area (TPSA) is 67.8 Å². The van der Waals surface area contributed by atoms with Crippen molar-refractivity contribution in [1.82, 2.24) is 14.9 Å². The summed E-state index contributed by atoms with van der Waals surface area (Å²) in [6.07, 6.45) is 0. The fourth-order valence-electron chi connectivity index (χ4n) is 3.90. The highest BCUT2D eigenvalue weighted by Crippen LogP contribution is 2.33. The van der Waals surface area contributed by atoms with Gasteiger partial charge in [-0.2, -0.15) is 0 Å². The minimum atomic E-state index is 0.0113. The van der Waals surface area contributed by atoms with E-state index in [-0.39, 0.29) is 12.7 Å². The van der Waals surface area contributed by atoms with Crippen molar-refractivity contribution in [3.05, 3.63) is 65.4 Å². The summed E-state index contributed by atoms with van der Waals surface area (Å²) in [5.41, 5.74) is 3.77. The largest absolute Gasteiger partial charge is 0.454 e. The molecule has 2 aromatic carbocycles. The number of nitrogens with zero attached hydrogens (tertiary/aromatic N) is 4. The second-order valence-electron chi connectivity index (χ2n) is 7.90. The summed E-state index contributed by atoms with van der Waals surface area (Å²) in [6, 6.07) is 15.6. The van der Waals surface area contributed by atoms with Gasteiger partial charge in [0.2, 0.25) is 6.79 Å². The van der Waals surface area contributed by atoms with Gasteiger partial charge in [0.1, 0.15) is 5.82 Å². The van der Waals surface area contributed by atoms with Crippen molar-refractivity contribution in [2.45, 2.75) is 13.8 Å². The minimum Gasteiger partial charge on any atom is -0.454 e. The van der Waals surface area contributed by atoms with Crippen LogP contribution in [0.4, 0.5) is 5.82 Å². The first-order valence-corrected chi connectivity index (χ1v) is 10.4. The monoisotopic (exact) mass is 416 g/mol. The Morgan fingerprint density at radius 2 is 1.61 bits per heavy atom. The highest BCUT2D eigenvalue weighted by molar-refractivity contribution is 5.95.